The fraction of sp³-hybridized carbons (Fsp3) is 0.643. The van der Waals surface area contributed by atoms with Gasteiger partial charge in [0.1, 0.15) is 6.04 Å². The van der Waals surface area contributed by atoms with E-state index in [0.717, 1.165) is 37.7 Å². The molecule has 0 aromatic rings. The van der Waals surface area contributed by atoms with E-state index in [1.54, 1.807) is 0 Å². The number of carbonyl (C=O) groups excluding carboxylic acids is 3. The molecule has 3 amide bonds. The summed E-state index contributed by atoms with van der Waals surface area (Å²) in [7, 11) is 0. The summed E-state index contributed by atoms with van der Waals surface area (Å²) in [5.74, 6) is -0.732. The van der Waals surface area contributed by atoms with Gasteiger partial charge in [-0.2, -0.15) is 0 Å². The first-order valence-corrected chi connectivity index (χ1v) is 6.97. The molecule has 1 aliphatic carbocycles. The van der Waals surface area contributed by atoms with Crippen LogP contribution in [0.15, 0.2) is 11.6 Å². The van der Waals surface area contributed by atoms with Gasteiger partial charge in [-0.3, -0.25) is 19.7 Å². The number of amides is 3. The molecule has 0 spiro atoms. The van der Waals surface area contributed by atoms with Crippen molar-refractivity contribution in [3.8, 4) is 0 Å². The van der Waals surface area contributed by atoms with Gasteiger partial charge in [-0.1, -0.05) is 12.5 Å². The van der Waals surface area contributed by atoms with Crippen LogP contribution < -0.4 is 5.32 Å². The lowest BCUT2D eigenvalue weighted by Crippen LogP contribution is -2.45. The summed E-state index contributed by atoms with van der Waals surface area (Å²) >= 11 is 0. The molecule has 2 rings (SSSR count). The van der Waals surface area contributed by atoms with Crippen molar-refractivity contribution in [1.82, 2.24) is 10.2 Å². The van der Waals surface area contributed by atoms with Crippen LogP contribution in [0.4, 0.5) is 0 Å². The number of rotatable bonds is 3. The SMILES string of the molecule is CCN(C(=O)C1=CCCCCC1)C1CC(=O)NC1=O. The van der Waals surface area contributed by atoms with Crippen LogP contribution in [0, 0.1) is 0 Å². The van der Waals surface area contributed by atoms with E-state index in [9.17, 15) is 14.4 Å². The number of imide groups is 1. The average Bonchev–Trinajstić information content (AvgIpc) is 2.61. The van der Waals surface area contributed by atoms with Crippen LogP contribution in [-0.4, -0.2) is 35.2 Å². The third-order valence-corrected chi connectivity index (χ3v) is 3.74. The largest absolute Gasteiger partial charge is 0.327 e. The van der Waals surface area contributed by atoms with Gasteiger partial charge in [-0.15, -0.1) is 0 Å². The Balaban J connectivity index is 2.12. The van der Waals surface area contributed by atoms with Crippen LogP contribution in [0.3, 0.4) is 0 Å². The van der Waals surface area contributed by atoms with E-state index >= 15 is 0 Å². The van der Waals surface area contributed by atoms with Crippen LogP contribution in [0.1, 0.15) is 45.4 Å². The summed E-state index contributed by atoms with van der Waals surface area (Å²) in [6, 6.07) is -0.630. The molecule has 0 saturated carbocycles. The zero-order chi connectivity index (χ0) is 13.8. The number of hydrogen-bond acceptors (Lipinski definition) is 3. The number of allylic oxidation sites excluding steroid dienone is 1. The first kappa shape index (κ1) is 13.8. The van der Waals surface area contributed by atoms with Crippen molar-refractivity contribution in [3.63, 3.8) is 0 Å². The average molecular weight is 264 g/mol. The number of nitrogens with zero attached hydrogens (tertiary/aromatic N) is 1. The van der Waals surface area contributed by atoms with E-state index in [4.69, 9.17) is 0 Å². The molecule has 104 valence electrons. The van der Waals surface area contributed by atoms with Crippen LogP contribution in [0.2, 0.25) is 0 Å². The van der Waals surface area contributed by atoms with Gasteiger partial charge < -0.3 is 4.90 Å². The quantitative estimate of drug-likeness (QED) is 0.777. The van der Waals surface area contributed by atoms with Gasteiger partial charge in [0.25, 0.3) is 0 Å². The van der Waals surface area contributed by atoms with Gasteiger partial charge in [0.2, 0.25) is 17.7 Å². The molecule has 1 atom stereocenters. The van der Waals surface area contributed by atoms with Crippen LogP contribution >= 0.6 is 0 Å². The van der Waals surface area contributed by atoms with Crippen molar-refractivity contribution in [2.45, 2.75) is 51.5 Å². The Kier molecular flexibility index (Phi) is 4.35. The highest BCUT2D eigenvalue weighted by molar-refractivity contribution is 6.08. The lowest BCUT2D eigenvalue weighted by atomic mass is 10.1. The van der Waals surface area contributed by atoms with Crippen LogP contribution in [-0.2, 0) is 14.4 Å². The topological polar surface area (TPSA) is 66.5 Å². The fourth-order valence-electron chi connectivity index (χ4n) is 2.69. The summed E-state index contributed by atoms with van der Waals surface area (Å²) in [5, 5.41) is 2.26. The monoisotopic (exact) mass is 264 g/mol. The highest BCUT2D eigenvalue weighted by Crippen LogP contribution is 2.21. The number of carbonyl (C=O) groups is 3. The molecule has 2 aliphatic rings. The summed E-state index contributed by atoms with van der Waals surface area (Å²) in [6.07, 6.45) is 7.06. The van der Waals surface area contributed by atoms with Gasteiger partial charge in [0, 0.05) is 12.1 Å². The number of nitrogens with one attached hydrogen (secondary N) is 1. The number of hydrogen-bond donors (Lipinski definition) is 1. The fourth-order valence-corrected chi connectivity index (χ4v) is 2.69. The second-order valence-corrected chi connectivity index (χ2v) is 5.05. The zero-order valence-corrected chi connectivity index (χ0v) is 11.3. The van der Waals surface area contributed by atoms with Crippen molar-refractivity contribution >= 4 is 17.7 Å². The minimum atomic E-state index is -0.630. The lowest BCUT2D eigenvalue weighted by Gasteiger charge is -2.26. The van der Waals surface area contributed by atoms with E-state index < -0.39 is 6.04 Å². The van der Waals surface area contributed by atoms with Crippen molar-refractivity contribution in [2.24, 2.45) is 0 Å². The molecule has 1 aliphatic heterocycles. The van der Waals surface area contributed by atoms with Crippen molar-refractivity contribution in [1.29, 1.82) is 0 Å². The maximum absolute atomic E-state index is 12.5. The van der Waals surface area contributed by atoms with Gasteiger partial charge in [-0.25, -0.2) is 0 Å². The third kappa shape index (κ3) is 3.03. The minimum absolute atomic E-state index is 0.0840. The van der Waals surface area contributed by atoms with Crippen LogP contribution in [0.5, 0.6) is 0 Å². The predicted octanol–water partition coefficient (Wildman–Crippen LogP) is 1.14. The first-order valence-electron chi connectivity index (χ1n) is 6.97. The molecule has 19 heavy (non-hydrogen) atoms. The lowest BCUT2D eigenvalue weighted by molar-refractivity contribution is -0.135. The number of likely N-dealkylation sites (N-methyl/N-ethyl adjacent to an activating group) is 1. The Morgan fingerprint density at radius 3 is 2.79 bits per heavy atom. The molecule has 0 bridgehead atoms. The second kappa shape index (κ2) is 5.99. The smallest absolute Gasteiger partial charge is 0.250 e. The zero-order valence-electron chi connectivity index (χ0n) is 11.3. The molecule has 1 fully saturated rings. The van der Waals surface area contributed by atoms with E-state index in [1.807, 2.05) is 13.0 Å². The maximum Gasteiger partial charge on any atom is 0.250 e. The molecule has 1 unspecified atom stereocenters. The van der Waals surface area contributed by atoms with Gasteiger partial charge in [-0.05, 0) is 32.6 Å². The summed E-state index contributed by atoms with van der Waals surface area (Å²) < 4.78 is 0. The molecule has 1 N–H and O–H groups in total. The molecular weight excluding hydrogens is 244 g/mol. The molecule has 0 radical (unpaired) electrons. The van der Waals surface area contributed by atoms with Gasteiger partial charge >= 0.3 is 0 Å². The first-order chi connectivity index (χ1) is 9.13. The molecule has 5 nitrogen and oxygen atoms in total. The normalized spacial score (nSPS) is 23.6. The van der Waals surface area contributed by atoms with E-state index in [1.165, 1.54) is 4.90 Å². The Hall–Kier alpha value is -1.65. The predicted molar refractivity (Wildman–Crippen MR) is 70.1 cm³/mol. The van der Waals surface area contributed by atoms with Crippen molar-refractivity contribution in [3.05, 3.63) is 11.6 Å². The van der Waals surface area contributed by atoms with E-state index in [0.29, 0.717) is 6.54 Å². The Morgan fingerprint density at radius 1 is 1.37 bits per heavy atom. The van der Waals surface area contributed by atoms with E-state index in [-0.39, 0.29) is 24.1 Å². The summed E-state index contributed by atoms with van der Waals surface area (Å²) in [4.78, 5) is 37.0. The highest BCUT2D eigenvalue weighted by atomic mass is 16.2. The molecule has 0 aromatic carbocycles. The highest BCUT2D eigenvalue weighted by Gasteiger charge is 2.37. The third-order valence-electron chi connectivity index (χ3n) is 3.74. The Bertz CT molecular complexity index is 428. The Labute approximate surface area is 113 Å². The standard InChI is InChI=1S/C14H20N2O3/c1-2-16(11-9-12(17)15-13(11)18)14(19)10-7-5-3-4-6-8-10/h7,11H,2-6,8-9H2,1H3,(H,15,17,18). The second-order valence-electron chi connectivity index (χ2n) is 5.05. The van der Waals surface area contributed by atoms with Crippen molar-refractivity contribution in [2.75, 3.05) is 6.54 Å². The van der Waals surface area contributed by atoms with Crippen LogP contribution in [0.25, 0.3) is 0 Å². The van der Waals surface area contributed by atoms with E-state index in [2.05, 4.69) is 5.32 Å². The molecule has 5 heteroatoms. The maximum atomic E-state index is 12.5. The minimum Gasteiger partial charge on any atom is -0.327 e. The Morgan fingerprint density at radius 2 is 2.16 bits per heavy atom. The molecule has 1 saturated heterocycles. The molecule has 0 aromatic heterocycles. The van der Waals surface area contributed by atoms with Gasteiger partial charge in [0.15, 0.2) is 0 Å². The van der Waals surface area contributed by atoms with Gasteiger partial charge in [0.05, 0.1) is 6.42 Å². The molecular formula is C14H20N2O3. The van der Waals surface area contributed by atoms with Crippen molar-refractivity contribution < 1.29 is 14.4 Å². The summed E-state index contributed by atoms with van der Waals surface area (Å²) in [5.41, 5.74) is 0.798. The summed E-state index contributed by atoms with van der Waals surface area (Å²) in [6.45, 7) is 2.28. The molecule has 1 heterocycles.